The monoisotopic (exact) mass is 440 g/mol. The summed E-state index contributed by atoms with van der Waals surface area (Å²) in [7, 11) is 0. The van der Waals surface area contributed by atoms with Crippen molar-refractivity contribution in [2.75, 3.05) is 36.4 Å². The molecule has 10 nitrogen and oxygen atoms in total. The number of aromatic amines is 1. The van der Waals surface area contributed by atoms with Crippen molar-refractivity contribution < 1.29 is 9.53 Å². The van der Waals surface area contributed by atoms with Crippen LogP contribution in [0.3, 0.4) is 0 Å². The number of nitrogens with one attached hydrogen (secondary N) is 2. The number of ether oxygens (including phenoxy) is 1. The molecule has 0 spiro atoms. The number of piperazine rings is 1. The molecule has 6 rings (SSSR count). The Labute approximate surface area is 188 Å². The standard InChI is InChI=1S/C22H32N8O2/c1-13-6-18(24-19-7-14(2)26-27-19)25-20(23-13)29-11-17(12-29)28-9-15-8-16(10-28)30(15)21(31)32-22(3,4)5/h6-7,15-17H,8-12H2,1-5H3,(H2,23,24,25,26,27). The molecule has 4 aliphatic rings. The SMILES string of the molecule is Cc1cc(Nc2cc(C)[nH]n2)nc(N2CC(N3CC4CC(C3)N4C(=O)OC(C)(C)C)C2)n1. The van der Waals surface area contributed by atoms with Gasteiger partial charge >= 0.3 is 6.09 Å². The number of nitrogens with zero attached hydrogens (tertiary/aromatic N) is 6. The average molecular weight is 441 g/mol. The molecule has 2 unspecified atom stereocenters. The molecule has 4 saturated heterocycles. The first-order valence-corrected chi connectivity index (χ1v) is 11.3. The van der Waals surface area contributed by atoms with Gasteiger partial charge in [0.1, 0.15) is 11.4 Å². The third-order valence-electron chi connectivity index (χ3n) is 6.29. The molecule has 0 aromatic carbocycles. The zero-order chi connectivity index (χ0) is 22.6. The van der Waals surface area contributed by atoms with Gasteiger partial charge in [-0.3, -0.25) is 14.9 Å². The largest absolute Gasteiger partial charge is 0.444 e. The van der Waals surface area contributed by atoms with Gasteiger partial charge in [0.15, 0.2) is 5.82 Å². The summed E-state index contributed by atoms with van der Waals surface area (Å²) in [5.41, 5.74) is 1.46. The van der Waals surface area contributed by atoms with Gasteiger partial charge in [-0.05, 0) is 41.0 Å². The number of aryl methyl sites for hydroxylation is 2. The molecular weight excluding hydrogens is 408 g/mol. The number of hydrogen-bond acceptors (Lipinski definition) is 8. The van der Waals surface area contributed by atoms with Crippen LogP contribution in [0.1, 0.15) is 38.6 Å². The quantitative estimate of drug-likeness (QED) is 0.747. The Kier molecular flexibility index (Phi) is 4.99. The molecule has 6 heterocycles. The van der Waals surface area contributed by atoms with Gasteiger partial charge in [-0.15, -0.1) is 0 Å². The highest BCUT2D eigenvalue weighted by Crippen LogP contribution is 2.36. The lowest BCUT2D eigenvalue weighted by Gasteiger charge is -2.59. The summed E-state index contributed by atoms with van der Waals surface area (Å²) < 4.78 is 5.59. The number of carbonyl (C=O) groups excluding carboxylic acids is 1. The molecular formula is C22H32N8O2. The Hall–Kier alpha value is -2.88. The number of carbonyl (C=O) groups is 1. The van der Waals surface area contributed by atoms with Crippen LogP contribution in [-0.4, -0.2) is 86.0 Å². The van der Waals surface area contributed by atoms with E-state index in [1.54, 1.807) is 0 Å². The second-order valence-electron chi connectivity index (χ2n) is 10.2. The fourth-order valence-corrected chi connectivity index (χ4v) is 4.77. The molecule has 10 heteroatoms. The number of anilines is 3. The van der Waals surface area contributed by atoms with Crippen LogP contribution in [0.15, 0.2) is 12.1 Å². The molecule has 172 valence electrons. The van der Waals surface area contributed by atoms with Crippen LogP contribution >= 0.6 is 0 Å². The zero-order valence-electron chi connectivity index (χ0n) is 19.4. The molecule has 1 amide bonds. The first kappa shape index (κ1) is 21.0. The van der Waals surface area contributed by atoms with Crippen LogP contribution < -0.4 is 10.2 Å². The molecule has 0 radical (unpaired) electrons. The smallest absolute Gasteiger partial charge is 0.410 e. The van der Waals surface area contributed by atoms with E-state index in [0.29, 0.717) is 6.04 Å². The molecule has 0 aliphatic carbocycles. The van der Waals surface area contributed by atoms with Gasteiger partial charge in [0, 0.05) is 55.7 Å². The van der Waals surface area contributed by atoms with Gasteiger partial charge in [0.05, 0.1) is 12.1 Å². The van der Waals surface area contributed by atoms with E-state index in [0.717, 1.165) is 61.6 Å². The predicted octanol–water partition coefficient (Wildman–Crippen LogP) is 2.44. The molecule has 2 bridgehead atoms. The minimum absolute atomic E-state index is 0.172. The number of piperidine rings is 1. The third kappa shape index (κ3) is 4.11. The van der Waals surface area contributed by atoms with Crippen molar-refractivity contribution in [2.24, 2.45) is 0 Å². The lowest BCUT2D eigenvalue weighted by Crippen LogP contribution is -2.74. The summed E-state index contributed by atoms with van der Waals surface area (Å²) >= 11 is 0. The van der Waals surface area contributed by atoms with Crippen LogP contribution in [0.4, 0.5) is 22.4 Å². The van der Waals surface area contributed by atoms with E-state index in [9.17, 15) is 4.79 Å². The molecule has 2 N–H and O–H groups in total. The van der Waals surface area contributed by atoms with Crippen molar-refractivity contribution in [1.29, 1.82) is 0 Å². The highest BCUT2D eigenvalue weighted by Gasteiger charge is 2.51. The number of fused-ring (bicyclic) bond motifs is 2. The molecule has 2 aromatic heterocycles. The van der Waals surface area contributed by atoms with Crippen molar-refractivity contribution in [3.63, 3.8) is 0 Å². The molecule has 32 heavy (non-hydrogen) atoms. The van der Waals surface area contributed by atoms with Gasteiger partial charge in [-0.25, -0.2) is 9.78 Å². The maximum Gasteiger partial charge on any atom is 0.410 e. The van der Waals surface area contributed by atoms with Crippen LogP contribution in [0.25, 0.3) is 0 Å². The van der Waals surface area contributed by atoms with Gasteiger partial charge < -0.3 is 15.0 Å². The van der Waals surface area contributed by atoms with Gasteiger partial charge in [-0.1, -0.05) is 0 Å². The second kappa shape index (κ2) is 7.61. The number of H-pyrrole nitrogens is 1. The maximum atomic E-state index is 12.5. The summed E-state index contributed by atoms with van der Waals surface area (Å²) in [5.74, 6) is 2.23. The van der Waals surface area contributed by atoms with Gasteiger partial charge in [0.25, 0.3) is 0 Å². The third-order valence-corrected chi connectivity index (χ3v) is 6.29. The molecule has 4 fully saturated rings. The molecule has 2 atom stereocenters. The van der Waals surface area contributed by atoms with E-state index in [2.05, 4.69) is 30.3 Å². The van der Waals surface area contributed by atoms with Crippen molar-refractivity contribution in [2.45, 2.75) is 64.8 Å². The average Bonchev–Trinajstić information content (AvgIpc) is 3.03. The number of hydrogen-bond donors (Lipinski definition) is 2. The molecule has 2 aromatic rings. The van der Waals surface area contributed by atoms with E-state index < -0.39 is 5.60 Å². The second-order valence-corrected chi connectivity index (χ2v) is 10.2. The van der Waals surface area contributed by atoms with Crippen LogP contribution in [-0.2, 0) is 4.74 Å². The van der Waals surface area contributed by atoms with Crippen molar-refractivity contribution in [3.8, 4) is 0 Å². The highest BCUT2D eigenvalue weighted by molar-refractivity contribution is 5.70. The summed E-state index contributed by atoms with van der Waals surface area (Å²) in [4.78, 5) is 28.5. The van der Waals surface area contributed by atoms with Crippen molar-refractivity contribution in [3.05, 3.63) is 23.5 Å². The van der Waals surface area contributed by atoms with Crippen molar-refractivity contribution in [1.82, 2.24) is 30.0 Å². The van der Waals surface area contributed by atoms with E-state index >= 15 is 0 Å². The Morgan fingerprint density at radius 2 is 1.78 bits per heavy atom. The first-order valence-electron chi connectivity index (χ1n) is 11.3. The Bertz CT molecular complexity index is 998. The highest BCUT2D eigenvalue weighted by atomic mass is 16.6. The van der Waals surface area contributed by atoms with Gasteiger partial charge in [-0.2, -0.15) is 10.1 Å². The van der Waals surface area contributed by atoms with E-state index in [-0.39, 0.29) is 18.2 Å². The number of aromatic nitrogens is 4. The fourth-order valence-electron chi connectivity index (χ4n) is 4.77. The predicted molar refractivity (Wildman–Crippen MR) is 121 cm³/mol. The topological polar surface area (TPSA) is 103 Å². The Morgan fingerprint density at radius 1 is 1.06 bits per heavy atom. The van der Waals surface area contributed by atoms with Crippen molar-refractivity contribution >= 4 is 23.7 Å². The first-order chi connectivity index (χ1) is 15.1. The van der Waals surface area contributed by atoms with Crippen LogP contribution in [0, 0.1) is 13.8 Å². The minimum atomic E-state index is -0.452. The minimum Gasteiger partial charge on any atom is -0.444 e. The molecule has 4 aliphatic heterocycles. The molecule has 0 saturated carbocycles. The Morgan fingerprint density at radius 3 is 2.41 bits per heavy atom. The summed E-state index contributed by atoms with van der Waals surface area (Å²) in [6, 6.07) is 4.87. The lowest BCUT2D eigenvalue weighted by atomic mass is 9.86. The summed E-state index contributed by atoms with van der Waals surface area (Å²) in [5, 5.41) is 10.4. The van der Waals surface area contributed by atoms with Gasteiger partial charge in [0.2, 0.25) is 5.95 Å². The summed E-state index contributed by atoms with van der Waals surface area (Å²) in [6.07, 6.45) is 0.906. The van der Waals surface area contributed by atoms with E-state index in [1.165, 1.54) is 0 Å². The van der Waals surface area contributed by atoms with E-state index in [1.807, 2.05) is 51.7 Å². The van der Waals surface area contributed by atoms with Crippen LogP contribution in [0.2, 0.25) is 0 Å². The maximum absolute atomic E-state index is 12.5. The Balaban J connectivity index is 1.17. The van der Waals surface area contributed by atoms with Crippen LogP contribution in [0.5, 0.6) is 0 Å². The van der Waals surface area contributed by atoms with E-state index in [4.69, 9.17) is 9.72 Å². The summed E-state index contributed by atoms with van der Waals surface area (Å²) in [6.45, 7) is 13.3. The normalized spacial score (nSPS) is 23.5. The lowest BCUT2D eigenvalue weighted by molar-refractivity contribution is -0.0879. The number of amides is 1. The fraction of sp³-hybridized carbons (Fsp3) is 0.636. The zero-order valence-corrected chi connectivity index (χ0v) is 19.4. The number of rotatable bonds is 4.